The number of likely N-dealkylation sites (tertiary alicyclic amines) is 1. The van der Waals surface area contributed by atoms with Crippen molar-refractivity contribution in [3.8, 4) is 22.1 Å². The lowest BCUT2D eigenvalue weighted by Crippen LogP contribution is -2.49. The van der Waals surface area contributed by atoms with Crippen LogP contribution in [0, 0.1) is 36.0 Å². The molecular formula is C36H33ClN4O6S. The molecule has 4 aromatic rings. The van der Waals surface area contributed by atoms with E-state index in [0.717, 1.165) is 26.1 Å². The number of nitrogens with zero attached hydrogens (tertiary/aromatic N) is 4. The third kappa shape index (κ3) is 3.94. The Labute approximate surface area is 285 Å². The van der Waals surface area contributed by atoms with Crippen LogP contribution < -0.4 is 9.64 Å². The molecular weight excluding hydrogens is 652 g/mol. The van der Waals surface area contributed by atoms with E-state index in [9.17, 15) is 24.3 Å². The third-order valence-corrected chi connectivity index (χ3v) is 12.8. The van der Waals surface area contributed by atoms with Crippen LogP contribution in [0.3, 0.4) is 0 Å². The minimum absolute atomic E-state index is 0.0733. The highest BCUT2D eigenvalue weighted by molar-refractivity contribution is 7.22. The van der Waals surface area contributed by atoms with Crippen molar-refractivity contribution in [3.05, 3.63) is 70.3 Å². The maximum atomic E-state index is 15.0. The van der Waals surface area contributed by atoms with Gasteiger partial charge in [0.05, 0.1) is 35.2 Å². The van der Waals surface area contributed by atoms with Crippen molar-refractivity contribution in [2.75, 3.05) is 19.1 Å². The molecule has 8 rings (SSSR count). The number of imide groups is 2. The third-order valence-electron chi connectivity index (χ3n) is 11.3. The second-order valence-electron chi connectivity index (χ2n) is 13.5. The first-order chi connectivity index (χ1) is 22.9. The lowest BCUT2D eigenvalue weighted by atomic mass is 9.51. The molecule has 6 unspecified atom stereocenters. The number of hydrogen-bond donors (Lipinski definition) is 1. The van der Waals surface area contributed by atoms with Crippen LogP contribution >= 0.6 is 22.9 Å². The van der Waals surface area contributed by atoms with Gasteiger partial charge in [0.15, 0.2) is 0 Å². The summed E-state index contributed by atoms with van der Waals surface area (Å²) in [4.78, 5) is 59.6. The number of carbonyl (C=O) groups excluding carboxylic acids is 4. The molecule has 2 aliphatic heterocycles. The van der Waals surface area contributed by atoms with Crippen molar-refractivity contribution < 1.29 is 29.0 Å². The molecule has 2 aliphatic carbocycles. The molecule has 0 spiro atoms. The average molecular weight is 685 g/mol. The number of carbonyl (C=O) groups is 4. The first-order valence-corrected chi connectivity index (χ1v) is 17.1. The smallest absolute Gasteiger partial charge is 0.242 e. The van der Waals surface area contributed by atoms with Crippen molar-refractivity contribution in [1.82, 2.24) is 14.7 Å². The Bertz CT molecular complexity index is 2150. The predicted molar refractivity (Wildman–Crippen MR) is 181 cm³/mol. The fourth-order valence-electron chi connectivity index (χ4n) is 8.91. The second kappa shape index (κ2) is 10.5. The van der Waals surface area contributed by atoms with Crippen LogP contribution in [0.25, 0.3) is 20.7 Å². The first kappa shape index (κ1) is 30.8. The van der Waals surface area contributed by atoms with Gasteiger partial charge in [0.25, 0.3) is 0 Å². The molecule has 1 saturated carbocycles. The summed E-state index contributed by atoms with van der Waals surface area (Å²) in [6.07, 6.45) is 2.49. The van der Waals surface area contributed by atoms with E-state index in [1.807, 2.05) is 31.2 Å². The number of methoxy groups -OCH3 is 1. The summed E-state index contributed by atoms with van der Waals surface area (Å²) in [5, 5.41) is 17.8. The van der Waals surface area contributed by atoms with Gasteiger partial charge >= 0.3 is 0 Å². The Morgan fingerprint density at radius 2 is 1.81 bits per heavy atom. The van der Waals surface area contributed by atoms with Gasteiger partial charge in [-0.2, -0.15) is 5.10 Å². The summed E-state index contributed by atoms with van der Waals surface area (Å²) >= 11 is 7.85. The molecule has 2 aromatic carbocycles. The number of aryl methyl sites for hydroxylation is 2. The van der Waals surface area contributed by atoms with E-state index in [0.29, 0.717) is 34.3 Å². The summed E-state index contributed by atoms with van der Waals surface area (Å²) in [5.74, 6) is -4.02. The van der Waals surface area contributed by atoms with Crippen molar-refractivity contribution in [2.45, 2.75) is 32.6 Å². The molecule has 3 fully saturated rings. The summed E-state index contributed by atoms with van der Waals surface area (Å²) in [5.41, 5.74) is 1.45. The van der Waals surface area contributed by atoms with Gasteiger partial charge in [-0.3, -0.25) is 28.8 Å². The van der Waals surface area contributed by atoms with E-state index < -0.39 is 46.8 Å². The van der Waals surface area contributed by atoms with Gasteiger partial charge in [0.2, 0.25) is 23.6 Å². The standard InChI is InChI=1S/C36H33ClN4O6S/c1-16-20-13-17(37)9-12-26(20)48-31(16)23-15-27(40(4)38-23)41-33(44)22-14-21-18(10-11-19-28(21)34(45)39(3)32(19)43)30(36(22,2)35(41)46)29-24(42)7-6-8-25(29)47-5/h6-10,12-13,15,19,21-22,28,30,42H,11,14H2,1-5H3. The van der Waals surface area contributed by atoms with Gasteiger partial charge in [0, 0.05) is 41.4 Å². The molecule has 4 amide bonds. The van der Waals surface area contributed by atoms with Crippen LogP contribution in [-0.4, -0.2) is 57.6 Å². The Morgan fingerprint density at radius 3 is 2.56 bits per heavy atom. The zero-order valence-electron chi connectivity index (χ0n) is 27.0. The number of phenols is 1. The number of hydrogen-bond acceptors (Lipinski definition) is 8. The number of thiophene rings is 1. The van der Waals surface area contributed by atoms with Crippen LogP contribution in [0.15, 0.2) is 54.1 Å². The largest absolute Gasteiger partial charge is 0.508 e. The number of aromatic hydroxyl groups is 1. The molecule has 48 heavy (non-hydrogen) atoms. The van der Waals surface area contributed by atoms with Crippen molar-refractivity contribution >= 4 is 62.5 Å². The molecule has 12 heteroatoms. The molecule has 2 aromatic heterocycles. The highest BCUT2D eigenvalue weighted by atomic mass is 35.5. The summed E-state index contributed by atoms with van der Waals surface area (Å²) < 4.78 is 8.33. The SMILES string of the molecule is COc1cccc(O)c1C1C2=CCC3C(=O)N(C)C(=O)C3C2CC2C(=O)N(c3cc(-c4sc5ccc(Cl)cc5c4C)nn3C)C(=O)C21C. The monoisotopic (exact) mass is 684 g/mol. The molecule has 4 heterocycles. The fraction of sp³-hybridized carbons (Fsp3) is 0.361. The van der Waals surface area contributed by atoms with Crippen LogP contribution in [0.4, 0.5) is 5.82 Å². The van der Waals surface area contributed by atoms with Gasteiger partial charge < -0.3 is 9.84 Å². The molecule has 2 saturated heterocycles. The van der Waals surface area contributed by atoms with Crippen molar-refractivity contribution in [2.24, 2.45) is 36.1 Å². The minimum atomic E-state index is -1.34. The highest BCUT2D eigenvalue weighted by Gasteiger charge is 2.68. The summed E-state index contributed by atoms with van der Waals surface area (Å²) in [6.45, 7) is 3.78. The normalized spacial score (nSPS) is 28.2. The first-order valence-electron chi connectivity index (χ1n) is 15.9. The Hall–Kier alpha value is -4.48. The second-order valence-corrected chi connectivity index (χ2v) is 15.0. The van der Waals surface area contributed by atoms with Crippen molar-refractivity contribution in [1.29, 1.82) is 0 Å². The van der Waals surface area contributed by atoms with Gasteiger partial charge in [-0.05, 0) is 73.9 Å². The highest BCUT2D eigenvalue weighted by Crippen LogP contribution is 2.65. The lowest BCUT2D eigenvalue weighted by molar-refractivity contribution is -0.138. The molecule has 0 radical (unpaired) electrons. The number of fused-ring (bicyclic) bond motifs is 5. The number of amides is 4. The Morgan fingerprint density at radius 1 is 1.04 bits per heavy atom. The molecule has 4 aliphatic rings. The van der Waals surface area contributed by atoms with Gasteiger partial charge in [0.1, 0.15) is 23.0 Å². The van der Waals surface area contributed by atoms with Crippen LogP contribution in [-0.2, 0) is 26.2 Å². The van der Waals surface area contributed by atoms with Gasteiger partial charge in [-0.1, -0.05) is 29.3 Å². The number of halogens is 1. The predicted octanol–water partition coefficient (Wildman–Crippen LogP) is 5.84. The van der Waals surface area contributed by atoms with E-state index in [1.54, 1.807) is 48.2 Å². The van der Waals surface area contributed by atoms with Crippen LogP contribution in [0.5, 0.6) is 11.5 Å². The minimum Gasteiger partial charge on any atom is -0.508 e. The average Bonchev–Trinajstić information content (AvgIpc) is 3.72. The molecule has 10 nitrogen and oxygen atoms in total. The van der Waals surface area contributed by atoms with E-state index in [-0.39, 0.29) is 24.0 Å². The maximum Gasteiger partial charge on any atom is 0.242 e. The van der Waals surface area contributed by atoms with E-state index >= 15 is 0 Å². The summed E-state index contributed by atoms with van der Waals surface area (Å²) in [6, 6.07) is 12.4. The lowest BCUT2D eigenvalue weighted by Gasteiger charge is -2.49. The molecule has 246 valence electrons. The molecule has 6 atom stereocenters. The summed E-state index contributed by atoms with van der Waals surface area (Å²) in [7, 11) is 4.70. The van der Waals surface area contributed by atoms with E-state index in [1.165, 1.54) is 30.0 Å². The molecule has 1 N–H and O–H groups in total. The number of phenolic OH excluding ortho intramolecular Hbond substituents is 1. The number of ether oxygens (including phenoxy) is 1. The van der Waals surface area contributed by atoms with Gasteiger partial charge in [-0.25, -0.2) is 4.90 Å². The van der Waals surface area contributed by atoms with Crippen molar-refractivity contribution in [3.63, 3.8) is 0 Å². The number of allylic oxidation sites excluding steroid dienone is 2. The zero-order chi connectivity index (χ0) is 34.0. The molecule has 0 bridgehead atoms. The quantitative estimate of drug-likeness (QED) is 0.212. The fourth-order valence-corrected chi connectivity index (χ4v) is 10.2. The topological polar surface area (TPSA) is 122 Å². The number of aromatic nitrogens is 2. The van der Waals surface area contributed by atoms with Crippen LogP contribution in [0.2, 0.25) is 5.02 Å². The zero-order valence-corrected chi connectivity index (χ0v) is 28.6. The number of benzene rings is 2. The number of anilines is 1. The van der Waals surface area contributed by atoms with Crippen LogP contribution in [0.1, 0.15) is 36.8 Å². The van der Waals surface area contributed by atoms with E-state index in [4.69, 9.17) is 21.4 Å². The maximum absolute atomic E-state index is 15.0. The Balaban J connectivity index is 1.28. The van der Waals surface area contributed by atoms with Gasteiger partial charge in [-0.15, -0.1) is 11.3 Å². The number of rotatable bonds is 4. The Kier molecular flexibility index (Phi) is 6.75. The van der Waals surface area contributed by atoms with E-state index in [2.05, 4.69) is 0 Å².